The first-order chi connectivity index (χ1) is 8.41. The highest BCUT2D eigenvalue weighted by Crippen LogP contribution is 2.41. The Morgan fingerprint density at radius 3 is 2.28 bits per heavy atom. The molecule has 2 heteroatoms. The first-order valence-electron chi connectivity index (χ1n) is 6.78. The SMILES string of the molecule is CC(C)(C)CC(=O)NC1(c2ccccc2)CCC1. The molecule has 1 aromatic rings. The van der Waals surface area contributed by atoms with Crippen molar-refractivity contribution in [2.24, 2.45) is 5.41 Å². The molecule has 1 aliphatic carbocycles. The Kier molecular flexibility index (Phi) is 3.47. The summed E-state index contributed by atoms with van der Waals surface area (Å²) < 4.78 is 0. The molecule has 1 N–H and O–H groups in total. The summed E-state index contributed by atoms with van der Waals surface area (Å²) in [6, 6.07) is 10.4. The van der Waals surface area contributed by atoms with Crippen molar-refractivity contribution in [1.29, 1.82) is 0 Å². The molecule has 0 aromatic heterocycles. The molecule has 98 valence electrons. The minimum atomic E-state index is -0.0937. The van der Waals surface area contributed by atoms with Crippen LogP contribution in [0.15, 0.2) is 30.3 Å². The number of carbonyl (C=O) groups is 1. The first kappa shape index (κ1) is 13.1. The zero-order valence-corrected chi connectivity index (χ0v) is 11.6. The van der Waals surface area contributed by atoms with E-state index in [-0.39, 0.29) is 16.9 Å². The van der Waals surface area contributed by atoms with Gasteiger partial charge in [0.1, 0.15) is 0 Å². The van der Waals surface area contributed by atoms with Crippen LogP contribution in [0.4, 0.5) is 0 Å². The molecule has 0 heterocycles. The van der Waals surface area contributed by atoms with E-state index >= 15 is 0 Å². The van der Waals surface area contributed by atoms with E-state index in [0.717, 1.165) is 12.8 Å². The summed E-state index contributed by atoms with van der Waals surface area (Å²) in [7, 11) is 0. The van der Waals surface area contributed by atoms with E-state index in [1.165, 1.54) is 12.0 Å². The van der Waals surface area contributed by atoms with Crippen molar-refractivity contribution in [3.63, 3.8) is 0 Å². The zero-order chi connectivity index (χ0) is 13.2. The Balaban J connectivity index is 2.08. The van der Waals surface area contributed by atoms with Crippen molar-refractivity contribution in [3.05, 3.63) is 35.9 Å². The molecular formula is C16H23NO. The predicted octanol–water partition coefficient (Wildman–Crippen LogP) is 3.62. The van der Waals surface area contributed by atoms with E-state index in [0.29, 0.717) is 6.42 Å². The van der Waals surface area contributed by atoms with E-state index < -0.39 is 0 Å². The highest BCUT2D eigenvalue weighted by molar-refractivity contribution is 5.77. The Morgan fingerprint density at radius 2 is 1.83 bits per heavy atom. The second-order valence-corrected chi connectivity index (χ2v) is 6.59. The predicted molar refractivity (Wildman–Crippen MR) is 74.2 cm³/mol. The highest BCUT2D eigenvalue weighted by Gasteiger charge is 2.40. The van der Waals surface area contributed by atoms with Gasteiger partial charge < -0.3 is 5.32 Å². The lowest BCUT2D eigenvalue weighted by Crippen LogP contribution is -2.51. The van der Waals surface area contributed by atoms with Crippen molar-refractivity contribution in [2.45, 2.75) is 52.0 Å². The van der Waals surface area contributed by atoms with Crippen molar-refractivity contribution >= 4 is 5.91 Å². The van der Waals surface area contributed by atoms with Gasteiger partial charge in [0.15, 0.2) is 0 Å². The van der Waals surface area contributed by atoms with Crippen LogP contribution >= 0.6 is 0 Å². The highest BCUT2D eigenvalue weighted by atomic mass is 16.1. The van der Waals surface area contributed by atoms with Crippen LogP contribution in [0.2, 0.25) is 0 Å². The summed E-state index contributed by atoms with van der Waals surface area (Å²) in [6.45, 7) is 6.30. The van der Waals surface area contributed by atoms with Gasteiger partial charge in [0, 0.05) is 6.42 Å². The van der Waals surface area contributed by atoms with Crippen LogP contribution in [-0.4, -0.2) is 5.91 Å². The van der Waals surface area contributed by atoms with E-state index in [4.69, 9.17) is 0 Å². The second kappa shape index (κ2) is 4.75. The molecule has 0 aliphatic heterocycles. The van der Waals surface area contributed by atoms with E-state index in [2.05, 4.69) is 38.2 Å². The molecule has 2 nitrogen and oxygen atoms in total. The van der Waals surface area contributed by atoms with Gasteiger partial charge in [-0.3, -0.25) is 4.79 Å². The van der Waals surface area contributed by atoms with E-state index in [1.807, 2.05) is 18.2 Å². The normalized spacial score (nSPS) is 17.9. The molecule has 0 unspecified atom stereocenters. The maximum absolute atomic E-state index is 12.1. The number of nitrogens with one attached hydrogen (secondary N) is 1. The van der Waals surface area contributed by atoms with Crippen molar-refractivity contribution in [1.82, 2.24) is 5.32 Å². The number of benzene rings is 1. The Bertz CT molecular complexity index is 412. The lowest BCUT2D eigenvalue weighted by Gasteiger charge is -2.43. The van der Waals surface area contributed by atoms with Gasteiger partial charge in [-0.15, -0.1) is 0 Å². The van der Waals surface area contributed by atoms with E-state index in [1.54, 1.807) is 0 Å². The van der Waals surface area contributed by atoms with Gasteiger partial charge in [0.05, 0.1) is 5.54 Å². The maximum Gasteiger partial charge on any atom is 0.221 e. The van der Waals surface area contributed by atoms with Gasteiger partial charge in [0.2, 0.25) is 5.91 Å². The third kappa shape index (κ3) is 2.92. The molecule has 1 saturated carbocycles. The van der Waals surface area contributed by atoms with Crippen LogP contribution in [0.5, 0.6) is 0 Å². The van der Waals surface area contributed by atoms with Crippen molar-refractivity contribution in [2.75, 3.05) is 0 Å². The van der Waals surface area contributed by atoms with Crippen molar-refractivity contribution in [3.8, 4) is 0 Å². The molecule has 18 heavy (non-hydrogen) atoms. The summed E-state index contributed by atoms with van der Waals surface area (Å²) in [5.41, 5.74) is 1.20. The molecule has 1 aliphatic rings. The lowest BCUT2D eigenvalue weighted by atomic mass is 9.71. The van der Waals surface area contributed by atoms with Crippen LogP contribution in [0, 0.1) is 5.41 Å². The summed E-state index contributed by atoms with van der Waals surface area (Å²) in [6.07, 6.45) is 3.91. The average Bonchev–Trinajstić information content (AvgIpc) is 2.22. The fourth-order valence-electron chi connectivity index (χ4n) is 2.57. The molecule has 1 fully saturated rings. The van der Waals surface area contributed by atoms with Crippen LogP contribution < -0.4 is 5.32 Å². The topological polar surface area (TPSA) is 29.1 Å². The number of amides is 1. The van der Waals surface area contributed by atoms with Crippen molar-refractivity contribution < 1.29 is 4.79 Å². The Labute approximate surface area is 110 Å². The minimum absolute atomic E-state index is 0.0473. The van der Waals surface area contributed by atoms with Crippen LogP contribution in [-0.2, 0) is 10.3 Å². The standard InChI is InChI=1S/C16H23NO/c1-15(2,3)12-14(18)17-16(10-7-11-16)13-8-5-4-6-9-13/h4-6,8-9H,7,10-12H2,1-3H3,(H,17,18). The van der Waals surface area contributed by atoms with Gasteiger partial charge in [-0.2, -0.15) is 0 Å². The molecular weight excluding hydrogens is 222 g/mol. The second-order valence-electron chi connectivity index (χ2n) is 6.59. The quantitative estimate of drug-likeness (QED) is 0.866. The lowest BCUT2D eigenvalue weighted by molar-refractivity contribution is -0.126. The Hall–Kier alpha value is -1.31. The molecule has 0 atom stereocenters. The molecule has 1 amide bonds. The Morgan fingerprint density at radius 1 is 1.22 bits per heavy atom. The summed E-state index contributed by atoms with van der Waals surface area (Å²) >= 11 is 0. The molecule has 0 saturated heterocycles. The van der Waals surface area contributed by atoms with Crippen LogP contribution in [0.25, 0.3) is 0 Å². The third-order valence-electron chi connectivity index (χ3n) is 3.60. The summed E-state index contributed by atoms with van der Waals surface area (Å²) in [4.78, 5) is 12.1. The van der Waals surface area contributed by atoms with Crippen LogP contribution in [0.3, 0.4) is 0 Å². The number of hydrogen-bond donors (Lipinski definition) is 1. The molecule has 1 aromatic carbocycles. The number of hydrogen-bond acceptors (Lipinski definition) is 1. The van der Waals surface area contributed by atoms with Gasteiger partial charge in [-0.05, 0) is 30.2 Å². The zero-order valence-electron chi connectivity index (χ0n) is 11.6. The molecule has 0 radical (unpaired) electrons. The maximum atomic E-state index is 12.1. The van der Waals surface area contributed by atoms with Gasteiger partial charge >= 0.3 is 0 Å². The fourth-order valence-corrected chi connectivity index (χ4v) is 2.57. The molecule has 2 rings (SSSR count). The van der Waals surface area contributed by atoms with Gasteiger partial charge in [0.25, 0.3) is 0 Å². The summed E-state index contributed by atoms with van der Waals surface area (Å²) in [5.74, 6) is 0.172. The third-order valence-corrected chi connectivity index (χ3v) is 3.60. The number of rotatable bonds is 3. The minimum Gasteiger partial charge on any atom is -0.347 e. The fraction of sp³-hybridized carbons (Fsp3) is 0.562. The van der Waals surface area contributed by atoms with Gasteiger partial charge in [-0.25, -0.2) is 0 Å². The summed E-state index contributed by atoms with van der Waals surface area (Å²) in [5, 5.41) is 3.26. The number of carbonyl (C=O) groups excluding carboxylic acids is 1. The van der Waals surface area contributed by atoms with E-state index in [9.17, 15) is 4.79 Å². The first-order valence-corrected chi connectivity index (χ1v) is 6.78. The van der Waals surface area contributed by atoms with Crippen LogP contribution in [0.1, 0.15) is 52.0 Å². The average molecular weight is 245 g/mol. The smallest absolute Gasteiger partial charge is 0.221 e. The largest absolute Gasteiger partial charge is 0.347 e. The monoisotopic (exact) mass is 245 g/mol. The molecule has 0 spiro atoms. The molecule has 0 bridgehead atoms. The van der Waals surface area contributed by atoms with Gasteiger partial charge in [-0.1, -0.05) is 51.1 Å².